The summed E-state index contributed by atoms with van der Waals surface area (Å²) >= 11 is 0. The number of likely N-dealkylation sites (tertiary alicyclic amines) is 1. The van der Waals surface area contributed by atoms with Gasteiger partial charge in [-0.25, -0.2) is 9.18 Å². The molecule has 0 saturated carbocycles. The molecule has 3 aliphatic rings. The van der Waals surface area contributed by atoms with E-state index < -0.39 is 22.5 Å². The zero-order valence-electron chi connectivity index (χ0n) is 28.1. The topological polar surface area (TPSA) is 73.4 Å². The number of piperidine rings is 1. The quantitative estimate of drug-likeness (QED) is 0.276. The molecule has 2 amide bonds. The van der Waals surface area contributed by atoms with Gasteiger partial charge in [-0.2, -0.15) is 0 Å². The zero-order valence-corrected chi connectivity index (χ0v) is 28.1. The highest BCUT2D eigenvalue weighted by Gasteiger charge is 2.54. The molecule has 0 radical (unpaired) electrons. The lowest BCUT2D eigenvalue weighted by Crippen LogP contribution is -2.56. The van der Waals surface area contributed by atoms with Crippen LogP contribution in [0.5, 0.6) is 0 Å². The Hall–Kier alpha value is -4.24. The molecule has 1 spiro atoms. The summed E-state index contributed by atoms with van der Waals surface area (Å²) < 4.78 is 19.6. The van der Waals surface area contributed by atoms with Crippen LogP contribution in [-0.4, -0.2) is 71.6 Å². The van der Waals surface area contributed by atoms with Crippen molar-refractivity contribution >= 4 is 29.2 Å². The fraction of sp³-hybridized carbons (Fsp3) is 0.447. The van der Waals surface area contributed by atoms with E-state index in [4.69, 9.17) is 4.74 Å². The number of ether oxygens (including phenoxy) is 1. The number of esters is 1. The van der Waals surface area contributed by atoms with Crippen molar-refractivity contribution < 1.29 is 23.5 Å². The average Bonchev–Trinajstić information content (AvgIpc) is 3.40. The van der Waals surface area contributed by atoms with Crippen LogP contribution < -0.4 is 9.80 Å². The summed E-state index contributed by atoms with van der Waals surface area (Å²) in [6.45, 7) is 13.0. The molecule has 3 heterocycles. The summed E-state index contributed by atoms with van der Waals surface area (Å²) in [5, 5.41) is 0. The van der Waals surface area contributed by atoms with E-state index >= 15 is 0 Å². The molecule has 6 rings (SSSR count). The van der Waals surface area contributed by atoms with Crippen molar-refractivity contribution in [3.63, 3.8) is 0 Å². The maximum atomic E-state index is 14.4. The maximum Gasteiger partial charge on any atom is 0.338 e. The molecule has 47 heavy (non-hydrogen) atoms. The van der Waals surface area contributed by atoms with E-state index in [1.807, 2.05) is 75.9 Å². The third kappa shape index (κ3) is 6.25. The molecule has 0 atom stereocenters. The standard InChI is InChI=1S/C38H45FN4O4/c1-36(2,3)47-33(44)30-12-7-6-11-27(30)25-41-26-43(29-17-15-28(39)16-18-29)38(35(41)46)19-23-40(24-20-38)21-10-22-42-32-14-9-8-13-31(32)37(4,5)34(42)45/h6-9,11-18H,10,19-26H2,1-5H3. The Labute approximate surface area is 277 Å². The van der Waals surface area contributed by atoms with Crippen LogP contribution in [0.25, 0.3) is 0 Å². The number of halogens is 1. The molecule has 0 bridgehead atoms. The first-order valence-electron chi connectivity index (χ1n) is 16.6. The van der Waals surface area contributed by atoms with Gasteiger partial charge in [0.05, 0.1) is 17.6 Å². The Bertz CT molecular complexity index is 1660. The number of nitrogens with zero attached hydrogens (tertiary/aromatic N) is 4. The summed E-state index contributed by atoms with van der Waals surface area (Å²) in [6, 6.07) is 21.7. The average molecular weight is 641 g/mol. The minimum Gasteiger partial charge on any atom is -0.456 e. The summed E-state index contributed by atoms with van der Waals surface area (Å²) in [6.07, 6.45) is 2.06. The number of hydrogen-bond acceptors (Lipinski definition) is 6. The van der Waals surface area contributed by atoms with Crippen molar-refractivity contribution in [2.75, 3.05) is 42.6 Å². The largest absolute Gasteiger partial charge is 0.456 e. The van der Waals surface area contributed by atoms with Crippen LogP contribution in [0.3, 0.4) is 0 Å². The molecule has 2 saturated heterocycles. The smallest absolute Gasteiger partial charge is 0.338 e. The number of carbonyl (C=O) groups is 3. The van der Waals surface area contributed by atoms with E-state index in [2.05, 4.69) is 9.80 Å². The van der Waals surface area contributed by atoms with E-state index in [9.17, 15) is 18.8 Å². The van der Waals surface area contributed by atoms with Crippen molar-refractivity contribution in [2.24, 2.45) is 0 Å². The van der Waals surface area contributed by atoms with Crippen LogP contribution in [0.2, 0.25) is 0 Å². The van der Waals surface area contributed by atoms with E-state index in [0.29, 0.717) is 31.6 Å². The number of carbonyl (C=O) groups excluding carboxylic acids is 3. The monoisotopic (exact) mass is 640 g/mol. The van der Waals surface area contributed by atoms with E-state index in [0.717, 1.165) is 48.6 Å². The number of rotatable bonds is 8. The van der Waals surface area contributed by atoms with Gasteiger partial charge in [0.1, 0.15) is 17.0 Å². The lowest BCUT2D eigenvalue weighted by atomic mass is 9.85. The molecule has 0 aromatic heterocycles. The molecule has 0 aliphatic carbocycles. The van der Waals surface area contributed by atoms with Crippen molar-refractivity contribution in [3.8, 4) is 0 Å². The predicted octanol–water partition coefficient (Wildman–Crippen LogP) is 6.14. The second-order valence-electron chi connectivity index (χ2n) is 14.5. The van der Waals surface area contributed by atoms with Gasteiger partial charge in [0.2, 0.25) is 11.8 Å². The Morgan fingerprint density at radius 2 is 1.53 bits per heavy atom. The first-order valence-corrected chi connectivity index (χ1v) is 16.6. The van der Waals surface area contributed by atoms with Gasteiger partial charge in [0.25, 0.3) is 0 Å². The number of fused-ring (bicyclic) bond motifs is 1. The second kappa shape index (κ2) is 12.4. The minimum atomic E-state index is -0.775. The molecule has 0 unspecified atom stereocenters. The third-order valence-electron chi connectivity index (χ3n) is 9.84. The van der Waals surface area contributed by atoms with Crippen LogP contribution in [0.4, 0.5) is 15.8 Å². The highest BCUT2D eigenvalue weighted by Crippen LogP contribution is 2.42. The molecule has 3 aromatic carbocycles. The summed E-state index contributed by atoms with van der Waals surface area (Å²) in [5.74, 6) is -0.590. The van der Waals surface area contributed by atoms with Gasteiger partial charge in [-0.3, -0.25) is 9.59 Å². The molecule has 0 N–H and O–H groups in total. The van der Waals surface area contributed by atoms with E-state index in [1.54, 1.807) is 29.2 Å². The van der Waals surface area contributed by atoms with Crippen molar-refractivity contribution in [2.45, 2.75) is 77.0 Å². The molecule has 248 valence electrons. The first-order chi connectivity index (χ1) is 22.3. The molecule has 8 nitrogen and oxygen atoms in total. The van der Waals surface area contributed by atoms with Crippen LogP contribution in [-0.2, 0) is 26.3 Å². The lowest BCUT2D eigenvalue weighted by Gasteiger charge is -2.43. The minimum absolute atomic E-state index is 0.0157. The van der Waals surface area contributed by atoms with Crippen molar-refractivity contribution in [3.05, 3.63) is 95.3 Å². The SMILES string of the molecule is CC(C)(C)OC(=O)c1ccccc1CN1CN(c2ccc(F)cc2)C2(CCN(CCCN3C(=O)C(C)(C)c4ccccc43)CC2)C1=O. The van der Waals surface area contributed by atoms with E-state index in [1.165, 1.54) is 12.1 Å². The fourth-order valence-electron chi connectivity index (χ4n) is 7.35. The van der Waals surface area contributed by atoms with Crippen LogP contribution in [0.15, 0.2) is 72.8 Å². The molecule has 2 fully saturated rings. The highest BCUT2D eigenvalue weighted by atomic mass is 19.1. The summed E-state index contributed by atoms with van der Waals surface area (Å²) in [7, 11) is 0. The first kappa shape index (κ1) is 32.7. The highest BCUT2D eigenvalue weighted by molar-refractivity contribution is 6.07. The van der Waals surface area contributed by atoms with E-state index in [-0.39, 0.29) is 24.2 Å². The molecular formula is C38H45FN4O4. The molecular weight excluding hydrogens is 595 g/mol. The third-order valence-corrected chi connectivity index (χ3v) is 9.84. The fourth-order valence-corrected chi connectivity index (χ4v) is 7.35. The zero-order chi connectivity index (χ0) is 33.6. The van der Waals surface area contributed by atoms with Gasteiger partial charge in [0.15, 0.2) is 0 Å². The summed E-state index contributed by atoms with van der Waals surface area (Å²) in [4.78, 5) is 48.9. The van der Waals surface area contributed by atoms with Gasteiger partial charge >= 0.3 is 5.97 Å². The Morgan fingerprint density at radius 3 is 2.23 bits per heavy atom. The van der Waals surface area contributed by atoms with Gasteiger partial charge in [0, 0.05) is 37.6 Å². The predicted molar refractivity (Wildman–Crippen MR) is 181 cm³/mol. The lowest BCUT2D eigenvalue weighted by molar-refractivity contribution is -0.134. The van der Waals surface area contributed by atoms with Gasteiger partial charge in [-0.15, -0.1) is 0 Å². The number of para-hydroxylation sites is 1. The second-order valence-corrected chi connectivity index (χ2v) is 14.5. The normalized spacial score (nSPS) is 19.1. The van der Waals surface area contributed by atoms with Crippen LogP contribution in [0.1, 0.15) is 75.4 Å². The van der Waals surface area contributed by atoms with Gasteiger partial charge in [-0.1, -0.05) is 36.4 Å². The number of anilines is 2. The van der Waals surface area contributed by atoms with Crippen molar-refractivity contribution in [1.29, 1.82) is 0 Å². The van der Waals surface area contributed by atoms with Crippen LogP contribution in [0, 0.1) is 5.82 Å². The van der Waals surface area contributed by atoms with Crippen LogP contribution >= 0.6 is 0 Å². The Balaban J connectivity index is 1.16. The maximum absolute atomic E-state index is 14.4. The number of hydrogen-bond donors (Lipinski definition) is 0. The Kier molecular flexibility index (Phi) is 8.63. The van der Waals surface area contributed by atoms with Gasteiger partial charge in [-0.05, 0) is 108 Å². The molecule has 3 aromatic rings. The van der Waals surface area contributed by atoms with Crippen molar-refractivity contribution in [1.82, 2.24) is 9.80 Å². The Morgan fingerprint density at radius 1 is 0.872 bits per heavy atom. The number of amides is 2. The molecule has 9 heteroatoms. The number of benzene rings is 3. The summed E-state index contributed by atoms with van der Waals surface area (Å²) in [5.41, 5.74) is 2.10. The molecule has 3 aliphatic heterocycles. The van der Waals surface area contributed by atoms with Gasteiger partial charge < -0.3 is 24.3 Å².